The van der Waals surface area contributed by atoms with Gasteiger partial charge in [0.05, 0.1) is 0 Å². The Labute approximate surface area is 168 Å². The summed E-state index contributed by atoms with van der Waals surface area (Å²) < 4.78 is 7.70. The second-order valence-corrected chi connectivity index (χ2v) is 7.57. The number of hydrogen-bond acceptors (Lipinski definition) is 5. The van der Waals surface area contributed by atoms with Crippen LogP contribution in [0.2, 0.25) is 5.02 Å². The molecule has 28 heavy (non-hydrogen) atoms. The lowest BCUT2D eigenvalue weighted by Crippen LogP contribution is -2.23. The van der Waals surface area contributed by atoms with Crippen LogP contribution in [0.25, 0.3) is 33.7 Å². The fraction of sp³-hybridized carbons (Fsp3) is 0. The van der Waals surface area contributed by atoms with Crippen LogP contribution in [-0.4, -0.2) is 14.6 Å². The van der Waals surface area contributed by atoms with Crippen LogP contribution in [0.1, 0.15) is 5.76 Å². The molecule has 0 unspecified atom stereocenters. The van der Waals surface area contributed by atoms with Gasteiger partial charge in [-0.3, -0.25) is 4.79 Å². The lowest BCUT2D eigenvalue weighted by atomic mass is 10.2. The van der Waals surface area contributed by atoms with Crippen molar-refractivity contribution in [1.82, 2.24) is 14.6 Å². The molecule has 0 aliphatic carbocycles. The summed E-state index contributed by atoms with van der Waals surface area (Å²) in [6, 6.07) is 20.7. The summed E-state index contributed by atoms with van der Waals surface area (Å²) in [7, 11) is 0. The van der Waals surface area contributed by atoms with Gasteiger partial charge in [-0.2, -0.15) is 9.50 Å². The molecule has 0 saturated carbocycles. The molecule has 0 spiro atoms. The van der Waals surface area contributed by atoms with Crippen LogP contribution < -0.4 is 10.1 Å². The van der Waals surface area contributed by atoms with Gasteiger partial charge in [0.2, 0.25) is 4.96 Å². The summed E-state index contributed by atoms with van der Waals surface area (Å²) in [5.74, 6) is 1.81. The molecule has 0 N–H and O–H groups in total. The molecule has 136 valence electrons. The number of nitrogens with zero attached hydrogens (tertiary/aromatic N) is 3. The summed E-state index contributed by atoms with van der Waals surface area (Å²) in [6.45, 7) is 0. The smallest absolute Gasteiger partial charge is 0.291 e. The molecular weight excluding hydrogens is 394 g/mol. The number of aromatic nitrogens is 3. The maximum Gasteiger partial charge on any atom is 0.291 e. The lowest BCUT2D eigenvalue weighted by Gasteiger charge is -1.96. The minimum atomic E-state index is -0.213. The molecule has 0 radical (unpaired) electrons. The van der Waals surface area contributed by atoms with E-state index in [1.54, 1.807) is 6.08 Å². The molecular formula is C21H12ClN3O2S. The van der Waals surface area contributed by atoms with E-state index in [2.05, 4.69) is 10.1 Å². The highest BCUT2D eigenvalue weighted by Gasteiger charge is 2.12. The normalized spacial score (nSPS) is 12.1. The fourth-order valence-electron chi connectivity index (χ4n) is 2.90. The van der Waals surface area contributed by atoms with E-state index in [4.69, 9.17) is 16.0 Å². The molecule has 0 aliphatic heterocycles. The van der Waals surface area contributed by atoms with Crippen LogP contribution in [0.3, 0.4) is 0 Å². The molecule has 0 fully saturated rings. The average molecular weight is 406 g/mol. The Kier molecular flexibility index (Phi) is 4.07. The van der Waals surface area contributed by atoms with Crippen molar-refractivity contribution in [3.63, 3.8) is 0 Å². The minimum Gasteiger partial charge on any atom is -0.457 e. The van der Waals surface area contributed by atoms with E-state index in [9.17, 15) is 4.79 Å². The van der Waals surface area contributed by atoms with Crippen molar-refractivity contribution in [1.29, 1.82) is 0 Å². The second-order valence-electron chi connectivity index (χ2n) is 6.12. The van der Waals surface area contributed by atoms with Crippen LogP contribution in [-0.2, 0) is 0 Å². The minimum absolute atomic E-state index is 0.213. The number of hydrogen-bond donors (Lipinski definition) is 0. The first kappa shape index (κ1) is 16.9. The number of benzene rings is 2. The summed E-state index contributed by atoms with van der Waals surface area (Å²) in [4.78, 5) is 17.7. The topological polar surface area (TPSA) is 60.4 Å². The zero-order valence-electron chi connectivity index (χ0n) is 14.4. The van der Waals surface area contributed by atoms with E-state index < -0.39 is 0 Å². The van der Waals surface area contributed by atoms with Crippen LogP contribution in [0.15, 0.2) is 75.9 Å². The Morgan fingerprint density at radius 2 is 1.82 bits per heavy atom. The van der Waals surface area contributed by atoms with Gasteiger partial charge >= 0.3 is 0 Å². The zero-order chi connectivity index (χ0) is 19.1. The van der Waals surface area contributed by atoms with E-state index in [-0.39, 0.29) is 5.56 Å². The first-order valence-electron chi connectivity index (χ1n) is 8.50. The molecule has 0 amide bonds. The van der Waals surface area contributed by atoms with Crippen molar-refractivity contribution < 1.29 is 4.42 Å². The Hall–Kier alpha value is -3.22. The van der Waals surface area contributed by atoms with Gasteiger partial charge in [-0.15, -0.1) is 5.10 Å². The van der Waals surface area contributed by atoms with Gasteiger partial charge in [-0.25, -0.2) is 0 Å². The van der Waals surface area contributed by atoms with Crippen molar-refractivity contribution >= 4 is 34.0 Å². The second kappa shape index (κ2) is 6.74. The molecule has 0 atom stereocenters. The van der Waals surface area contributed by atoms with Gasteiger partial charge in [0.15, 0.2) is 5.82 Å². The predicted molar refractivity (Wildman–Crippen MR) is 111 cm³/mol. The van der Waals surface area contributed by atoms with Crippen LogP contribution in [0, 0.1) is 0 Å². The van der Waals surface area contributed by atoms with E-state index in [1.807, 2.05) is 66.7 Å². The van der Waals surface area contributed by atoms with Gasteiger partial charge in [-0.05, 0) is 24.3 Å². The maximum atomic E-state index is 12.7. The Morgan fingerprint density at radius 3 is 2.61 bits per heavy atom. The average Bonchev–Trinajstić information content (AvgIpc) is 3.41. The predicted octanol–water partition coefficient (Wildman–Crippen LogP) is 4.28. The highest BCUT2D eigenvalue weighted by Crippen LogP contribution is 2.25. The monoisotopic (exact) mass is 405 g/mol. The van der Waals surface area contributed by atoms with E-state index in [1.165, 1.54) is 15.9 Å². The number of thiazole rings is 1. The molecule has 5 nitrogen and oxygen atoms in total. The quantitative estimate of drug-likeness (QED) is 0.449. The molecule has 0 aliphatic rings. The third-order valence-corrected chi connectivity index (χ3v) is 5.42. The van der Waals surface area contributed by atoms with Crippen molar-refractivity contribution in [2.45, 2.75) is 0 Å². The molecule has 5 rings (SSSR count). The first-order chi connectivity index (χ1) is 13.7. The number of furan rings is 1. The van der Waals surface area contributed by atoms with Gasteiger partial charge in [0.1, 0.15) is 16.1 Å². The highest BCUT2D eigenvalue weighted by molar-refractivity contribution is 7.15. The van der Waals surface area contributed by atoms with Gasteiger partial charge in [0, 0.05) is 22.2 Å². The third kappa shape index (κ3) is 3.02. The van der Waals surface area contributed by atoms with Crippen LogP contribution >= 0.6 is 22.9 Å². The van der Waals surface area contributed by atoms with E-state index in [0.29, 0.717) is 31.9 Å². The van der Waals surface area contributed by atoms with E-state index >= 15 is 0 Å². The standard InChI is InChI=1S/C21H12ClN3O2S/c22-15-8-4-7-14(11-15)17-10-9-16(27-17)12-18-20(26)25-21(28-18)23-19(24-25)13-5-2-1-3-6-13/h1-12H/b18-12-. The number of rotatable bonds is 3. The molecule has 0 saturated heterocycles. The largest absolute Gasteiger partial charge is 0.457 e. The van der Waals surface area contributed by atoms with Crippen molar-refractivity contribution in [2.75, 3.05) is 0 Å². The fourth-order valence-corrected chi connectivity index (χ4v) is 3.98. The van der Waals surface area contributed by atoms with Crippen molar-refractivity contribution in [2.24, 2.45) is 0 Å². The lowest BCUT2D eigenvalue weighted by molar-refractivity contribution is 0.571. The highest BCUT2D eigenvalue weighted by atomic mass is 35.5. The summed E-state index contributed by atoms with van der Waals surface area (Å²) in [5, 5.41) is 4.99. The molecule has 2 aromatic carbocycles. The van der Waals surface area contributed by atoms with Crippen molar-refractivity contribution in [3.8, 4) is 22.7 Å². The van der Waals surface area contributed by atoms with E-state index in [0.717, 1.165) is 11.1 Å². The summed E-state index contributed by atoms with van der Waals surface area (Å²) in [5.41, 5.74) is 1.54. The zero-order valence-corrected chi connectivity index (χ0v) is 15.9. The SMILES string of the molecule is O=c1/c(=C/c2ccc(-c3cccc(Cl)c3)o2)sc2nc(-c3ccccc3)nn12. The van der Waals surface area contributed by atoms with Gasteiger partial charge < -0.3 is 4.42 Å². The van der Waals surface area contributed by atoms with Gasteiger partial charge in [-0.1, -0.05) is 65.4 Å². The molecule has 5 aromatic rings. The molecule has 7 heteroatoms. The molecule has 3 aromatic heterocycles. The number of fused-ring (bicyclic) bond motifs is 1. The Morgan fingerprint density at radius 1 is 1.00 bits per heavy atom. The third-order valence-electron chi connectivity index (χ3n) is 4.22. The number of halogens is 1. The maximum absolute atomic E-state index is 12.7. The Balaban J connectivity index is 1.53. The summed E-state index contributed by atoms with van der Waals surface area (Å²) in [6.07, 6.45) is 1.71. The van der Waals surface area contributed by atoms with Gasteiger partial charge in [0.25, 0.3) is 5.56 Å². The van der Waals surface area contributed by atoms with Crippen LogP contribution in [0.5, 0.6) is 0 Å². The first-order valence-corrected chi connectivity index (χ1v) is 9.69. The summed E-state index contributed by atoms with van der Waals surface area (Å²) >= 11 is 7.32. The molecule has 3 heterocycles. The van der Waals surface area contributed by atoms with Crippen LogP contribution in [0.4, 0.5) is 0 Å². The Bertz CT molecular complexity index is 1400. The van der Waals surface area contributed by atoms with Crippen molar-refractivity contribution in [3.05, 3.63) is 92.4 Å². The molecule has 0 bridgehead atoms.